The first-order valence-corrected chi connectivity index (χ1v) is 6.77. The molecule has 0 fully saturated rings. The van der Waals surface area contributed by atoms with Crippen LogP contribution in [-0.4, -0.2) is 25.9 Å². The van der Waals surface area contributed by atoms with Crippen molar-refractivity contribution >= 4 is 5.69 Å². The van der Waals surface area contributed by atoms with Crippen LogP contribution < -0.4 is 20.1 Å². The quantitative estimate of drug-likeness (QED) is 0.888. The SMILES string of the molecule is Cc1cc2c(cc1N(C)CCCC(C)(C)N)OCO2. The van der Waals surface area contributed by atoms with Crippen molar-refractivity contribution in [2.45, 2.75) is 39.2 Å². The van der Waals surface area contributed by atoms with Crippen molar-refractivity contribution in [2.75, 3.05) is 25.3 Å². The van der Waals surface area contributed by atoms with E-state index in [0.29, 0.717) is 6.79 Å². The molecule has 2 rings (SSSR count). The minimum Gasteiger partial charge on any atom is -0.454 e. The summed E-state index contributed by atoms with van der Waals surface area (Å²) in [6.07, 6.45) is 2.09. The van der Waals surface area contributed by atoms with Gasteiger partial charge in [0.25, 0.3) is 0 Å². The summed E-state index contributed by atoms with van der Waals surface area (Å²) in [7, 11) is 2.11. The highest BCUT2D eigenvalue weighted by Gasteiger charge is 2.17. The average Bonchev–Trinajstić information content (AvgIpc) is 2.72. The van der Waals surface area contributed by atoms with Gasteiger partial charge >= 0.3 is 0 Å². The molecule has 0 unspecified atom stereocenters. The van der Waals surface area contributed by atoms with Crippen LogP contribution in [-0.2, 0) is 0 Å². The molecule has 0 atom stereocenters. The number of benzene rings is 1. The van der Waals surface area contributed by atoms with Crippen molar-refractivity contribution in [3.63, 3.8) is 0 Å². The Balaban J connectivity index is 2.01. The fraction of sp³-hybridized carbons (Fsp3) is 0.600. The molecule has 0 saturated heterocycles. The van der Waals surface area contributed by atoms with E-state index < -0.39 is 0 Å². The second-order valence-corrected chi connectivity index (χ2v) is 6.01. The molecular weight excluding hydrogens is 240 g/mol. The van der Waals surface area contributed by atoms with Gasteiger partial charge in [0, 0.05) is 30.9 Å². The van der Waals surface area contributed by atoms with Crippen molar-refractivity contribution in [3.8, 4) is 11.5 Å². The highest BCUT2D eigenvalue weighted by Crippen LogP contribution is 2.37. The van der Waals surface area contributed by atoms with Crippen molar-refractivity contribution < 1.29 is 9.47 Å². The lowest BCUT2D eigenvalue weighted by Crippen LogP contribution is -2.33. The summed E-state index contributed by atoms with van der Waals surface area (Å²) < 4.78 is 10.8. The molecule has 106 valence electrons. The van der Waals surface area contributed by atoms with Crippen LogP contribution in [0.2, 0.25) is 0 Å². The lowest BCUT2D eigenvalue weighted by atomic mass is 10.00. The maximum absolute atomic E-state index is 6.01. The van der Waals surface area contributed by atoms with E-state index in [4.69, 9.17) is 15.2 Å². The first-order chi connectivity index (χ1) is 8.87. The van der Waals surface area contributed by atoms with Crippen molar-refractivity contribution in [1.29, 1.82) is 0 Å². The molecular formula is C15H24N2O2. The smallest absolute Gasteiger partial charge is 0.231 e. The Morgan fingerprint density at radius 1 is 1.26 bits per heavy atom. The van der Waals surface area contributed by atoms with Gasteiger partial charge in [0.1, 0.15) is 0 Å². The number of aryl methyl sites for hydroxylation is 1. The Hall–Kier alpha value is -1.42. The number of anilines is 1. The van der Waals surface area contributed by atoms with Crippen molar-refractivity contribution in [2.24, 2.45) is 5.73 Å². The monoisotopic (exact) mass is 264 g/mol. The summed E-state index contributed by atoms with van der Waals surface area (Å²) in [6.45, 7) is 7.54. The normalized spacial score (nSPS) is 13.7. The molecule has 1 aromatic carbocycles. The second-order valence-electron chi connectivity index (χ2n) is 6.01. The van der Waals surface area contributed by atoms with Crippen molar-refractivity contribution in [3.05, 3.63) is 17.7 Å². The Morgan fingerprint density at radius 2 is 1.89 bits per heavy atom. The molecule has 4 heteroatoms. The Bertz CT molecular complexity index is 452. The first kappa shape index (κ1) is 14.0. The fourth-order valence-electron chi connectivity index (χ4n) is 2.34. The van der Waals surface area contributed by atoms with Gasteiger partial charge in [0.2, 0.25) is 6.79 Å². The van der Waals surface area contributed by atoms with E-state index in [1.165, 1.54) is 11.3 Å². The molecule has 2 N–H and O–H groups in total. The van der Waals surface area contributed by atoms with Gasteiger partial charge in [-0.05, 0) is 45.2 Å². The number of ether oxygens (including phenoxy) is 2. The van der Waals surface area contributed by atoms with Gasteiger partial charge in [-0.25, -0.2) is 0 Å². The standard InChI is InChI=1S/C15H24N2O2/c1-11-8-13-14(19-10-18-13)9-12(11)17(4)7-5-6-15(2,3)16/h8-9H,5-7,10,16H2,1-4H3. The fourth-order valence-corrected chi connectivity index (χ4v) is 2.34. The highest BCUT2D eigenvalue weighted by atomic mass is 16.7. The molecule has 0 saturated carbocycles. The number of hydrogen-bond acceptors (Lipinski definition) is 4. The van der Waals surface area contributed by atoms with Gasteiger partial charge in [-0.3, -0.25) is 0 Å². The van der Waals surface area contributed by atoms with Crippen LogP contribution in [0.4, 0.5) is 5.69 Å². The van der Waals surface area contributed by atoms with E-state index in [1.54, 1.807) is 0 Å². The number of nitrogens with zero attached hydrogens (tertiary/aromatic N) is 1. The molecule has 0 amide bonds. The maximum Gasteiger partial charge on any atom is 0.231 e. The van der Waals surface area contributed by atoms with Gasteiger partial charge in [-0.15, -0.1) is 0 Å². The minimum absolute atomic E-state index is 0.0925. The molecule has 0 bridgehead atoms. The zero-order valence-corrected chi connectivity index (χ0v) is 12.3. The molecule has 1 heterocycles. The van der Waals surface area contributed by atoms with E-state index in [-0.39, 0.29) is 5.54 Å². The summed E-state index contributed by atoms with van der Waals surface area (Å²) in [5.41, 5.74) is 8.32. The summed E-state index contributed by atoms with van der Waals surface area (Å²) in [6, 6.07) is 4.10. The molecule has 0 spiro atoms. The molecule has 1 aliphatic heterocycles. The molecule has 19 heavy (non-hydrogen) atoms. The molecule has 1 aliphatic rings. The highest BCUT2D eigenvalue weighted by molar-refractivity contribution is 5.61. The molecule has 1 aromatic rings. The minimum atomic E-state index is -0.0925. The third-order valence-electron chi connectivity index (χ3n) is 3.42. The van der Waals surface area contributed by atoms with Gasteiger partial charge in [0.05, 0.1) is 0 Å². The predicted molar refractivity (Wildman–Crippen MR) is 78.1 cm³/mol. The van der Waals surface area contributed by atoms with Crippen LogP contribution in [0.3, 0.4) is 0 Å². The van der Waals surface area contributed by atoms with Crippen LogP contribution in [0.25, 0.3) is 0 Å². The number of nitrogens with two attached hydrogens (primary N) is 1. The summed E-state index contributed by atoms with van der Waals surface area (Å²) >= 11 is 0. The number of fused-ring (bicyclic) bond motifs is 1. The summed E-state index contributed by atoms with van der Waals surface area (Å²) in [5, 5.41) is 0. The lowest BCUT2D eigenvalue weighted by molar-refractivity contribution is 0.174. The molecule has 0 aromatic heterocycles. The predicted octanol–water partition coefficient (Wildman–Crippen LogP) is 2.68. The van der Waals surface area contributed by atoms with Crippen LogP contribution in [0, 0.1) is 6.92 Å². The zero-order valence-electron chi connectivity index (χ0n) is 12.3. The van der Waals surface area contributed by atoms with Crippen molar-refractivity contribution in [1.82, 2.24) is 0 Å². The van der Waals surface area contributed by atoms with Crippen LogP contribution in [0.1, 0.15) is 32.3 Å². The maximum atomic E-state index is 6.01. The van der Waals surface area contributed by atoms with E-state index in [2.05, 4.69) is 38.8 Å². The molecule has 0 radical (unpaired) electrons. The molecule has 0 aliphatic carbocycles. The number of hydrogen-bond donors (Lipinski definition) is 1. The van der Waals surface area contributed by atoms with E-state index >= 15 is 0 Å². The van der Waals surface area contributed by atoms with E-state index in [9.17, 15) is 0 Å². The number of rotatable bonds is 5. The largest absolute Gasteiger partial charge is 0.454 e. The van der Waals surface area contributed by atoms with Gasteiger partial charge in [-0.1, -0.05) is 0 Å². The summed E-state index contributed by atoms with van der Waals surface area (Å²) in [4.78, 5) is 2.25. The average molecular weight is 264 g/mol. The third-order valence-corrected chi connectivity index (χ3v) is 3.42. The zero-order chi connectivity index (χ0) is 14.0. The molecule has 4 nitrogen and oxygen atoms in total. The topological polar surface area (TPSA) is 47.7 Å². The van der Waals surface area contributed by atoms with Gasteiger partial charge in [0.15, 0.2) is 11.5 Å². The summed E-state index contributed by atoms with van der Waals surface area (Å²) in [5.74, 6) is 1.68. The van der Waals surface area contributed by atoms with Crippen LogP contribution >= 0.6 is 0 Å². The Labute approximate surface area is 115 Å². The van der Waals surface area contributed by atoms with Gasteiger partial charge in [-0.2, -0.15) is 0 Å². The second kappa shape index (κ2) is 5.29. The van der Waals surface area contributed by atoms with Crippen LogP contribution in [0.15, 0.2) is 12.1 Å². The van der Waals surface area contributed by atoms with E-state index in [0.717, 1.165) is 30.9 Å². The Morgan fingerprint density at radius 3 is 2.53 bits per heavy atom. The first-order valence-electron chi connectivity index (χ1n) is 6.77. The van der Waals surface area contributed by atoms with Gasteiger partial charge < -0.3 is 20.1 Å². The van der Waals surface area contributed by atoms with Crippen LogP contribution in [0.5, 0.6) is 11.5 Å². The lowest BCUT2D eigenvalue weighted by Gasteiger charge is -2.24. The van der Waals surface area contributed by atoms with E-state index in [1.807, 2.05) is 6.07 Å². The Kier molecular flexibility index (Phi) is 3.90. The third kappa shape index (κ3) is 3.53.